The first kappa shape index (κ1) is 18.7. The summed E-state index contributed by atoms with van der Waals surface area (Å²) in [6, 6.07) is 22.6. The molecule has 1 unspecified atom stereocenters. The third-order valence-electron chi connectivity index (χ3n) is 5.10. The van der Waals surface area contributed by atoms with Gasteiger partial charge in [0.25, 0.3) is 0 Å². The maximum Gasteiger partial charge on any atom is 0.123 e. The van der Waals surface area contributed by atoms with Gasteiger partial charge in [0.1, 0.15) is 18.2 Å². The highest BCUT2D eigenvalue weighted by molar-refractivity contribution is 5.39. The van der Waals surface area contributed by atoms with Gasteiger partial charge in [0, 0.05) is 31.6 Å². The molecule has 0 spiro atoms. The number of halogens is 1. The maximum absolute atomic E-state index is 13.5. The van der Waals surface area contributed by atoms with E-state index in [1.54, 1.807) is 12.1 Å². The first-order valence-electron chi connectivity index (χ1n) is 9.62. The summed E-state index contributed by atoms with van der Waals surface area (Å²) in [6.07, 6.45) is 0.0145. The molecule has 0 radical (unpaired) electrons. The van der Waals surface area contributed by atoms with E-state index in [0.29, 0.717) is 26.1 Å². The second-order valence-electron chi connectivity index (χ2n) is 7.26. The molecular formula is C24H24FNO2. The molecule has 0 bridgehead atoms. The molecule has 0 aromatic heterocycles. The van der Waals surface area contributed by atoms with Crippen molar-refractivity contribution in [3.63, 3.8) is 0 Å². The zero-order valence-corrected chi connectivity index (χ0v) is 15.7. The number of benzene rings is 3. The lowest BCUT2D eigenvalue weighted by Gasteiger charge is -2.20. The average molecular weight is 377 g/mol. The minimum absolute atomic E-state index is 0.213. The van der Waals surface area contributed by atoms with Crippen molar-refractivity contribution in [2.75, 3.05) is 13.2 Å². The predicted molar refractivity (Wildman–Crippen MR) is 108 cm³/mol. The van der Waals surface area contributed by atoms with Crippen LogP contribution in [0.25, 0.3) is 0 Å². The van der Waals surface area contributed by atoms with Crippen LogP contribution in [0.1, 0.15) is 28.4 Å². The highest BCUT2D eigenvalue weighted by Gasteiger charge is 2.18. The molecule has 0 saturated carbocycles. The Morgan fingerprint density at radius 2 is 1.79 bits per heavy atom. The van der Waals surface area contributed by atoms with Crippen LogP contribution in [0, 0.1) is 5.82 Å². The van der Waals surface area contributed by atoms with Crippen LogP contribution in [0.2, 0.25) is 0 Å². The molecule has 3 nitrogen and oxygen atoms in total. The fourth-order valence-corrected chi connectivity index (χ4v) is 3.66. The van der Waals surface area contributed by atoms with Crippen molar-refractivity contribution in [1.82, 2.24) is 4.90 Å². The van der Waals surface area contributed by atoms with E-state index >= 15 is 0 Å². The monoisotopic (exact) mass is 377 g/mol. The lowest BCUT2D eigenvalue weighted by molar-refractivity contribution is 0.178. The van der Waals surface area contributed by atoms with Gasteiger partial charge in [-0.1, -0.05) is 48.5 Å². The molecule has 28 heavy (non-hydrogen) atoms. The first-order chi connectivity index (χ1) is 13.7. The Bertz CT molecular complexity index is 929. The second-order valence-corrected chi connectivity index (χ2v) is 7.26. The number of rotatable bonds is 5. The highest BCUT2D eigenvalue weighted by Crippen LogP contribution is 2.28. The van der Waals surface area contributed by atoms with Crippen LogP contribution < -0.4 is 4.74 Å². The molecule has 0 aliphatic carbocycles. The van der Waals surface area contributed by atoms with Crippen molar-refractivity contribution in [3.8, 4) is 5.75 Å². The van der Waals surface area contributed by atoms with E-state index in [1.807, 2.05) is 54.6 Å². The van der Waals surface area contributed by atoms with Gasteiger partial charge in [-0.25, -0.2) is 4.39 Å². The number of ether oxygens (including phenoxy) is 1. The smallest absolute Gasteiger partial charge is 0.123 e. The minimum atomic E-state index is -0.562. The molecule has 1 aliphatic rings. The van der Waals surface area contributed by atoms with Crippen molar-refractivity contribution in [1.29, 1.82) is 0 Å². The molecule has 4 heteroatoms. The summed E-state index contributed by atoms with van der Waals surface area (Å²) in [5, 5.41) is 10.7. The molecule has 1 atom stereocenters. The van der Waals surface area contributed by atoms with E-state index in [1.165, 1.54) is 6.07 Å². The SMILES string of the molecule is OC(Cc1ccccc1)c1ccc2c(c1)CN(Cc1cccc(F)c1)CCO2. The fraction of sp³-hybridized carbons (Fsp3) is 0.250. The van der Waals surface area contributed by atoms with E-state index in [9.17, 15) is 9.50 Å². The van der Waals surface area contributed by atoms with Gasteiger partial charge in [0.2, 0.25) is 0 Å². The second kappa shape index (κ2) is 8.55. The van der Waals surface area contributed by atoms with Crippen LogP contribution in [0.15, 0.2) is 72.8 Å². The van der Waals surface area contributed by atoms with E-state index in [0.717, 1.165) is 34.5 Å². The summed E-state index contributed by atoms with van der Waals surface area (Å²) in [5.41, 5.74) is 4.00. The van der Waals surface area contributed by atoms with Gasteiger partial charge < -0.3 is 9.84 Å². The average Bonchev–Trinajstić information content (AvgIpc) is 2.89. The van der Waals surface area contributed by atoms with Crippen molar-refractivity contribution < 1.29 is 14.2 Å². The van der Waals surface area contributed by atoms with Crippen molar-refractivity contribution >= 4 is 0 Å². The topological polar surface area (TPSA) is 32.7 Å². The van der Waals surface area contributed by atoms with Gasteiger partial charge in [-0.2, -0.15) is 0 Å². The van der Waals surface area contributed by atoms with E-state index in [2.05, 4.69) is 4.90 Å². The molecule has 0 amide bonds. The van der Waals surface area contributed by atoms with E-state index in [4.69, 9.17) is 4.74 Å². The van der Waals surface area contributed by atoms with Crippen LogP contribution in [0.4, 0.5) is 4.39 Å². The van der Waals surface area contributed by atoms with Crippen LogP contribution >= 0.6 is 0 Å². The predicted octanol–water partition coefficient (Wildman–Crippen LogP) is 4.50. The first-order valence-corrected chi connectivity index (χ1v) is 9.62. The zero-order valence-electron chi connectivity index (χ0n) is 15.7. The third kappa shape index (κ3) is 4.58. The maximum atomic E-state index is 13.5. The number of nitrogens with zero attached hydrogens (tertiary/aromatic N) is 1. The molecule has 144 valence electrons. The summed E-state index contributed by atoms with van der Waals surface area (Å²) < 4.78 is 19.4. The van der Waals surface area contributed by atoms with Gasteiger partial charge in [-0.05, 0) is 41.0 Å². The Balaban J connectivity index is 1.50. The summed E-state index contributed by atoms with van der Waals surface area (Å²) in [4.78, 5) is 2.24. The van der Waals surface area contributed by atoms with Gasteiger partial charge in [0.15, 0.2) is 0 Å². The molecule has 0 saturated heterocycles. The number of hydrogen-bond acceptors (Lipinski definition) is 3. The molecule has 0 fully saturated rings. The van der Waals surface area contributed by atoms with E-state index < -0.39 is 6.10 Å². The Morgan fingerprint density at radius 3 is 2.61 bits per heavy atom. The van der Waals surface area contributed by atoms with Gasteiger partial charge in [0.05, 0.1) is 6.10 Å². The molecule has 1 heterocycles. The summed E-state index contributed by atoms with van der Waals surface area (Å²) in [5.74, 6) is 0.646. The third-order valence-corrected chi connectivity index (χ3v) is 5.10. The fourth-order valence-electron chi connectivity index (χ4n) is 3.66. The van der Waals surface area contributed by atoms with Crippen LogP contribution in [0.3, 0.4) is 0 Å². The zero-order chi connectivity index (χ0) is 19.3. The van der Waals surface area contributed by atoms with Crippen molar-refractivity contribution in [2.24, 2.45) is 0 Å². The van der Waals surface area contributed by atoms with Gasteiger partial charge in [-0.3, -0.25) is 4.90 Å². The minimum Gasteiger partial charge on any atom is -0.492 e. The Labute approximate surface area is 165 Å². The largest absolute Gasteiger partial charge is 0.492 e. The van der Waals surface area contributed by atoms with Crippen LogP contribution in [-0.2, 0) is 19.5 Å². The van der Waals surface area contributed by atoms with Crippen molar-refractivity contribution in [2.45, 2.75) is 25.6 Å². The van der Waals surface area contributed by atoms with Crippen LogP contribution in [-0.4, -0.2) is 23.2 Å². The van der Waals surface area contributed by atoms with Crippen molar-refractivity contribution in [3.05, 3.63) is 101 Å². The molecule has 3 aromatic rings. The molecule has 3 aromatic carbocycles. The Hall–Kier alpha value is -2.69. The summed E-state index contributed by atoms with van der Waals surface area (Å²) in [7, 11) is 0. The number of hydrogen-bond donors (Lipinski definition) is 1. The highest BCUT2D eigenvalue weighted by atomic mass is 19.1. The lowest BCUT2D eigenvalue weighted by atomic mass is 9.99. The summed E-state index contributed by atoms with van der Waals surface area (Å²) >= 11 is 0. The Kier molecular flexibility index (Phi) is 5.70. The lowest BCUT2D eigenvalue weighted by Crippen LogP contribution is -2.25. The molecule has 1 aliphatic heterocycles. The Morgan fingerprint density at radius 1 is 0.964 bits per heavy atom. The standard InChI is InChI=1S/C24H24FNO2/c25-22-8-4-7-19(13-22)16-26-11-12-28-24-10-9-20(15-21(24)17-26)23(27)14-18-5-2-1-3-6-18/h1-10,13,15,23,27H,11-12,14,16-17H2. The van der Waals surface area contributed by atoms with Crippen LogP contribution in [0.5, 0.6) is 5.75 Å². The number of fused-ring (bicyclic) bond motifs is 1. The molecule has 1 N–H and O–H groups in total. The van der Waals surface area contributed by atoms with E-state index in [-0.39, 0.29) is 5.82 Å². The molecule has 4 rings (SSSR count). The quantitative estimate of drug-likeness (QED) is 0.711. The number of aliphatic hydroxyl groups excluding tert-OH is 1. The van der Waals surface area contributed by atoms with Gasteiger partial charge >= 0.3 is 0 Å². The molecular weight excluding hydrogens is 353 g/mol. The van der Waals surface area contributed by atoms with Gasteiger partial charge in [-0.15, -0.1) is 0 Å². The number of aliphatic hydroxyl groups is 1. The normalized spacial score (nSPS) is 15.4. The summed E-state index contributed by atoms with van der Waals surface area (Å²) in [6.45, 7) is 2.73.